The zero-order valence-electron chi connectivity index (χ0n) is 14.0. The summed E-state index contributed by atoms with van der Waals surface area (Å²) >= 11 is 0. The lowest BCUT2D eigenvalue weighted by atomic mass is 9.81. The van der Waals surface area contributed by atoms with Gasteiger partial charge in [-0.3, -0.25) is 4.79 Å². The molecule has 1 amide bonds. The summed E-state index contributed by atoms with van der Waals surface area (Å²) in [5.41, 5.74) is -1.30. The molecular weight excluding hydrogens is 343 g/mol. The number of nitrogens with one attached hydrogen (secondary N) is 1. The molecule has 8 heteroatoms. The van der Waals surface area contributed by atoms with Gasteiger partial charge in [0.05, 0.1) is 0 Å². The third-order valence-corrected chi connectivity index (χ3v) is 4.47. The first kappa shape index (κ1) is 17.9. The number of amides is 1. The van der Waals surface area contributed by atoms with Crippen molar-refractivity contribution in [2.24, 2.45) is 0 Å². The summed E-state index contributed by atoms with van der Waals surface area (Å²) < 4.78 is 23.8. The van der Waals surface area contributed by atoms with Crippen molar-refractivity contribution in [1.82, 2.24) is 10.5 Å². The molecule has 1 aliphatic rings. The van der Waals surface area contributed by atoms with Crippen molar-refractivity contribution in [2.75, 3.05) is 0 Å². The first-order valence-electron chi connectivity index (χ1n) is 8.39. The molecule has 1 aromatic carbocycles. The molecule has 1 heterocycles. The van der Waals surface area contributed by atoms with Gasteiger partial charge in [-0.1, -0.05) is 36.6 Å². The lowest BCUT2D eigenvalue weighted by molar-refractivity contribution is -0.145. The molecule has 0 aliphatic heterocycles. The molecule has 138 valence electrons. The van der Waals surface area contributed by atoms with Crippen LogP contribution < -0.4 is 10.1 Å². The molecule has 1 saturated carbocycles. The molecule has 0 bridgehead atoms. The maximum atomic E-state index is 13.5. The van der Waals surface area contributed by atoms with E-state index in [4.69, 9.17) is 9.26 Å². The Morgan fingerprint density at radius 2 is 2.00 bits per heavy atom. The lowest BCUT2D eigenvalue weighted by Crippen LogP contribution is -2.55. The largest absolute Gasteiger partial charge is 0.482 e. The fraction of sp³-hybridized carbons (Fsp3) is 0.389. The summed E-state index contributed by atoms with van der Waals surface area (Å²) in [7, 11) is 0. The van der Waals surface area contributed by atoms with Crippen molar-refractivity contribution in [3.63, 3.8) is 0 Å². The van der Waals surface area contributed by atoms with Crippen LogP contribution >= 0.6 is 0 Å². The van der Waals surface area contributed by atoms with Gasteiger partial charge in [0.25, 0.3) is 5.91 Å². The van der Waals surface area contributed by atoms with Gasteiger partial charge in [0.2, 0.25) is 0 Å². The number of rotatable bonds is 6. The molecule has 0 radical (unpaired) electrons. The maximum absolute atomic E-state index is 13.5. The van der Waals surface area contributed by atoms with Crippen LogP contribution in [0.1, 0.15) is 48.4 Å². The molecular formula is C18H19FN2O5. The molecule has 1 aromatic heterocycles. The van der Waals surface area contributed by atoms with Gasteiger partial charge in [0, 0.05) is 6.07 Å². The first-order chi connectivity index (χ1) is 12.5. The highest BCUT2D eigenvalue weighted by atomic mass is 19.1. The first-order valence-corrected chi connectivity index (χ1v) is 8.39. The average molecular weight is 362 g/mol. The van der Waals surface area contributed by atoms with Crippen LogP contribution in [0, 0.1) is 5.82 Å². The third-order valence-electron chi connectivity index (χ3n) is 4.47. The second-order valence-electron chi connectivity index (χ2n) is 6.30. The van der Waals surface area contributed by atoms with E-state index in [1.807, 2.05) is 0 Å². The van der Waals surface area contributed by atoms with Crippen molar-refractivity contribution in [3.05, 3.63) is 47.6 Å². The fourth-order valence-electron chi connectivity index (χ4n) is 3.03. The Balaban J connectivity index is 1.64. The molecule has 1 aliphatic carbocycles. The number of nitrogens with zero attached hydrogens (tertiary/aromatic N) is 1. The third kappa shape index (κ3) is 3.84. The molecule has 3 rings (SSSR count). The average Bonchev–Trinajstić information content (AvgIpc) is 3.11. The van der Waals surface area contributed by atoms with Gasteiger partial charge >= 0.3 is 5.97 Å². The van der Waals surface area contributed by atoms with E-state index in [9.17, 15) is 19.1 Å². The van der Waals surface area contributed by atoms with Gasteiger partial charge in [0.15, 0.2) is 23.0 Å². The van der Waals surface area contributed by atoms with Crippen LogP contribution in [0.15, 0.2) is 34.9 Å². The molecule has 0 atom stereocenters. The van der Waals surface area contributed by atoms with Crippen LogP contribution in [0.2, 0.25) is 0 Å². The molecule has 0 spiro atoms. The number of hydrogen-bond acceptors (Lipinski definition) is 5. The van der Waals surface area contributed by atoms with Crippen molar-refractivity contribution in [3.8, 4) is 5.75 Å². The molecule has 2 aromatic rings. The van der Waals surface area contributed by atoms with E-state index in [2.05, 4.69) is 10.5 Å². The molecule has 1 fully saturated rings. The van der Waals surface area contributed by atoms with Gasteiger partial charge in [-0.05, 0) is 25.0 Å². The number of carbonyl (C=O) groups excluding carboxylic acids is 1. The Kier molecular flexibility index (Phi) is 5.20. The number of halogens is 1. The van der Waals surface area contributed by atoms with Gasteiger partial charge in [-0.2, -0.15) is 0 Å². The van der Waals surface area contributed by atoms with Gasteiger partial charge in [0.1, 0.15) is 12.1 Å². The zero-order valence-corrected chi connectivity index (χ0v) is 14.0. The number of para-hydroxylation sites is 1. The van der Waals surface area contributed by atoms with Crippen LogP contribution in [0.25, 0.3) is 0 Å². The number of carboxylic acids is 1. The number of ether oxygens (including phenoxy) is 1. The predicted octanol–water partition coefficient (Wildman–Crippen LogP) is 2.91. The topological polar surface area (TPSA) is 102 Å². The molecule has 7 nitrogen and oxygen atoms in total. The normalized spacial score (nSPS) is 16.0. The number of hydrogen-bond donors (Lipinski definition) is 2. The quantitative estimate of drug-likeness (QED) is 0.819. The van der Waals surface area contributed by atoms with Crippen LogP contribution in [-0.4, -0.2) is 27.7 Å². The highest BCUT2D eigenvalue weighted by molar-refractivity contribution is 5.96. The second-order valence-corrected chi connectivity index (χ2v) is 6.30. The van der Waals surface area contributed by atoms with Crippen molar-refractivity contribution in [1.29, 1.82) is 0 Å². The molecule has 2 N–H and O–H groups in total. The summed E-state index contributed by atoms with van der Waals surface area (Å²) in [6.45, 7) is -0.106. The lowest BCUT2D eigenvalue weighted by Gasteiger charge is -2.33. The van der Waals surface area contributed by atoms with Gasteiger partial charge in [-0.25, -0.2) is 9.18 Å². The fourth-order valence-corrected chi connectivity index (χ4v) is 3.03. The van der Waals surface area contributed by atoms with Crippen LogP contribution in [0.5, 0.6) is 5.75 Å². The summed E-state index contributed by atoms with van der Waals surface area (Å²) in [4.78, 5) is 24.0. The van der Waals surface area contributed by atoms with E-state index >= 15 is 0 Å². The van der Waals surface area contributed by atoms with Crippen molar-refractivity contribution in [2.45, 2.75) is 44.2 Å². The van der Waals surface area contributed by atoms with Gasteiger partial charge < -0.3 is 19.7 Å². The van der Waals surface area contributed by atoms with Gasteiger partial charge in [-0.15, -0.1) is 0 Å². The second kappa shape index (κ2) is 7.55. The summed E-state index contributed by atoms with van der Waals surface area (Å²) in [5, 5.41) is 15.7. The summed E-state index contributed by atoms with van der Waals surface area (Å²) in [5.74, 6) is -1.88. The molecule has 0 unspecified atom stereocenters. The number of carbonyl (C=O) groups is 2. The number of benzene rings is 1. The summed E-state index contributed by atoms with van der Waals surface area (Å²) in [6.07, 6.45) is 3.21. The highest BCUT2D eigenvalue weighted by Gasteiger charge is 2.41. The van der Waals surface area contributed by atoms with E-state index in [0.717, 1.165) is 19.3 Å². The Hall–Kier alpha value is -2.90. The Bertz CT molecular complexity index is 798. The minimum absolute atomic E-state index is 0.0386. The standard InChI is InChI=1S/C18H19FN2O5/c19-13-6-2-3-7-15(13)25-11-12-10-14(21-26-12)16(22)20-18(17(23)24)8-4-1-5-9-18/h2-3,6-7,10H,1,4-5,8-9,11H2,(H,20,22)(H,23,24). The predicted molar refractivity (Wildman–Crippen MR) is 88.2 cm³/mol. The molecule has 26 heavy (non-hydrogen) atoms. The Labute approximate surface area is 149 Å². The Morgan fingerprint density at radius 1 is 1.27 bits per heavy atom. The highest BCUT2D eigenvalue weighted by Crippen LogP contribution is 2.29. The Morgan fingerprint density at radius 3 is 2.69 bits per heavy atom. The SMILES string of the molecule is O=C(NC1(C(=O)O)CCCCC1)c1cc(COc2ccccc2F)on1. The minimum Gasteiger partial charge on any atom is -0.482 e. The van der Waals surface area contributed by atoms with Crippen LogP contribution in [0.3, 0.4) is 0 Å². The van der Waals surface area contributed by atoms with E-state index in [1.54, 1.807) is 12.1 Å². The monoisotopic (exact) mass is 362 g/mol. The van der Waals surface area contributed by atoms with E-state index in [1.165, 1.54) is 18.2 Å². The van der Waals surface area contributed by atoms with Crippen LogP contribution in [0.4, 0.5) is 4.39 Å². The number of carboxylic acid groups (broad SMARTS) is 1. The number of aromatic nitrogens is 1. The summed E-state index contributed by atoms with van der Waals surface area (Å²) in [6, 6.07) is 7.27. The van der Waals surface area contributed by atoms with Crippen molar-refractivity contribution < 1.29 is 28.3 Å². The van der Waals surface area contributed by atoms with Crippen molar-refractivity contribution >= 4 is 11.9 Å². The molecule has 0 saturated heterocycles. The van der Waals surface area contributed by atoms with Crippen LogP contribution in [-0.2, 0) is 11.4 Å². The maximum Gasteiger partial charge on any atom is 0.329 e. The smallest absolute Gasteiger partial charge is 0.329 e. The zero-order chi connectivity index (χ0) is 18.6. The minimum atomic E-state index is -1.27. The number of aliphatic carboxylic acids is 1. The van der Waals surface area contributed by atoms with E-state index < -0.39 is 23.2 Å². The van der Waals surface area contributed by atoms with E-state index in [-0.39, 0.29) is 23.8 Å². The van der Waals surface area contributed by atoms with E-state index in [0.29, 0.717) is 12.8 Å².